The second-order valence-corrected chi connectivity index (χ2v) is 6.03. The third-order valence-electron chi connectivity index (χ3n) is 3.04. The SMILES string of the molecule is CC(C)CC(C)(O)CNCc1cc(F)cc(/C(N)=N/O)c1. The van der Waals surface area contributed by atoms with Crippen molar-refractivity contribution in [2.45, 2.75) is 39.3 Å². The minimum absolute atomic E-state index is 0.137. The Morgan fingerprint density at radius 1 is 1.43 bits per heavy atom. The first kappa shape index (κ1) is 17.4. The first-order chi connectivity index (χ1) is 9.73. The zero-order chi connectivity index (χ0) is 16.0. The molecule has 0 bridgehead atoms. The Hall–Kier alpha value is -1.66. The van der Waals surface area contributed by atoms with Crippen LogP contribution in [0.3, 0.4) is 0 Å². The molecule has 0 aliphatic carbocycles. The third kappa shape index (κ3) is 6.10. The van der Waals surface area contributed by atoms with Crippen molar-refractivity contribution >= 4 is 5.84 Å². The van der Waals surface area contributed by atoms with E-state index in [0.717, 1.165) is 0 Å². The molecule has 0 aliphatic heterocycles. The Morgan fingerprint density at radius 3 is 2.67 bits per heavy atom. The molecule has 5 nitrogen and oxygen atoms in total. The van der Waals surface area contributed by atoms with Gasteiger partial charge < -0.3 is 21.4 Å². The Morgan fingerprint density at radius 2 is 2.10 bits per heavy atom. The maximum absolute atomic E-state index is 13.5. The van der Waals surface area contributed by atoms with E-state index < -0.39 is 11.4 Å². The largest absolute Gasteiger partial charge is 0.409 e. The van der Waals surface area contributed by atoms with E-state index >= 15 is 0 Å². The lowest BCUT2D eigenvalue weighted by Crippen LogP contribution is -2.38. The monoisotopic (exact) mass is 297 g/mol. The summed E-state index contributed by atoms with van der Waals surface area (Å²) in [6, 6.07) is 4.22. The third-order valence-corrected chi connectivity index (χ3v) is 3.04. The lowest BCUT2D eigenvalue weighted by Gasteiger charge is -2.25. The molecule has 1 rings (SSSR count). The topological polar surface area (TPSA) is 90.9 Å². The number of benzene rings is 1. The van der Waals surface area contributed by atoms with Crippen molar-refractivity contribution in [1.82, 2.24) is 5.32 Å². The summed E-state index contributed by atoms with van der Waals surface area (Å²) in [6.45, 7) is 6.65. The number of aliphatic hydroxyl groups is 1. The minimum Gasteiger partial charge on any atom is -0.409 e. The molecule has 0 saturated carbocycles. The molecule has 0 saturated heterocycles. The number of oxime groups is 1. The van der Waals surface area contributed by atoms with Gasteiger partial charge in [0.05, 0.1) is 5.60 Å². The quantitative estimate of drug-likeness (QED) is 0.267. The predicted molar refractivity (Wildman–Crippen MR) is 80.7 cm³/mol. The van der Waals surface area contributed by atoms with Gasteiger partial charge in [-0.15, -0.1) is 0 Å². The summed E-state index contributed by atoms with van der Waals surface area (Å²) < 4.78 is 13.5. The van der Waals surface area contributed by atoms with Crippen molar-refractivity contribution in [3.63, 3.8) is 0 Å². The summed E-state index contributed by atoms with van der Waals surface area (Å²) in [5.41, 5.74) is 5.63. The number of hydrogen-bond donors (Lipinski definition) is 4. The van der Waals surface area contributed by atoms with E-state index in [1.807, 2.05) is 13.8 Å². The molecule has 1 aromatic rings. The summed E-state index contributed by atoms with van der Waals surface area (Å²) in [5, 5.41) is 24.8. The van der Waals surface area contributed by atoms with Gasteiger partial charge in [0.2, 0.25) is 0 Å². The highest BCUT2D eigenvalue weighted by atomic mass is 19.1. The zero-order valence-electron chi connectivity index (χ0n) is 12.7. The van der Waals surface area contributed by atoms with Gasteiger partial charge in [-0.25, -0.2) is 4.39 Å². The fraction of sp³-hybridized carbons (Fsp3) is 0.533. The van der Waals surface area contributed by atoms with Crippen LogP contribution < -0.4 is 11.1 Å². The highest BCUT2D eigenvalue weighted by Gasteiger charge is 2.21. The van der Waals surface area contributed by atoms with E-state index in [2.05, 4.69) is 10.5 Å². The number of nitrogens with two attached hydrogens (primary N) is 1. The van der Waals surface area contributed by atoms with Crippen LogP contribution >= 0.6 is 0 Å². The Labute approximate surface area is 124 Å². The van der Waals surface area contributed by atoms with Crippen LogP contribution in [0.25, 0.3) is 0 Å². The maximum atomic E-state index is 13.5. The van der Waals surface area contributed by atoms with Crippen molar-refractivity contribution in [1.29, 1.82) is 0 Å². The summed E-state index contributed by atoms with van der Waals surface area (Å²) in [5.74, 6) is -0.199. The van der Waals surface area contributed by atoms with E-state index in [0.29, 0.717) is 36.6 Å². The van der Waals surface area contributed by atoms with Crippen LogP contribution in [-0.2, 0) is 6.54 Å². The van der Waals surface area contributed by atoms with E-state index in [4.69, 9.17) is 10.9 Å². The molecule has 1 atom stereocenters. The molecule has 6 heteroatoms. The number of hydrogen-bond acceptors (Lipinski definition) is 4. The van der Waals surface area contributed by atoms with Crippen LogP contribution in [0.1, 0.15) is 38.3 Å². The average molecular weight is 297 g/mol. The van der Waals surface area contributed by atoms with Gasteiger partial charge in [-0.3, -0.25) is 0 Å². The molecule has 1 aromatic carbocycles. The van der Waals surface area contributed by atoms with E-state index in [1.54, 1.807) is 13.0 Å². The highest BCUT2D eigenvalue weighted by molar-refractivity contribution is 5.97. The molecule has 0 aromatic heterocycles. The van der Waals surface area contributed by atoms with Gasteiger partial charge in [0.25, 0.3) is 0 Å². The van der Waals surface area contributed by atoms with Gasteiger partial charge in [0, 0.05) is 18.7 Å². The molecule has 118 valence electrons. The number of halogens is 1. The van der Waals surface area contributed by atoms with Crippen LogP contribution in [-0.4, -0.2) is 28.3 Å². The van der Waals surface area contributed by atoms with Gasteiger partial charge in [-0.1, -0.05) is 19.0 Å². The molecule has 0 amide bonds. The van der Waals surface area contributed by atoms with Crippen LogP contribution in [0.4, 0.5) is 4.39 Å². The summed E-state index contributed by atoms with van der Waals surface area (Å²) >= 11 is 0. The minimum atomic E-state index is -0.810. The van der Waals surface area contributed by atoms with Crippen molar-refractivity contribution in [3.8, 4) is 0 Å². The first-order valence-corrected chi connectivity index (χ1v) is 6.94. The zero-order valence-corrected chi connectivity index (χ0v) is 12.7. The number of nitrogens with zero attached hydrogens (tertiary/aromatic N) is 1. The standard InChI is InChI=1S/C15H24FN3O2/c1-10(2)7-15(3,20)9-18-8-11-4-12(14(17)19-21)6-13(16)5-11/h4-6,10,18,20-21H,7-9H2,1-3H3,(H2,17,19). The molecular weight excluding hydrogens is 273 g/mol. The molecule has 0 heterocycles. The second kappa shape index (κ2) is 7.38. The summed E-state index contributed by atoms with van der Waals surface area (Å²) in [4.78, 5) is 0. The molecule has 0 aliphatic rings. The van der Waals surface area contributed by atoms with Crippen molar-refractivity contribution in [2.24, 2.45) is 16.8 Å². The molecule has 0 fully saturated rings. The fourth-order valence-corrected chi connectivity index (χ4v) is 2.39. The van der Waals surface area contributed by atoms with Gasteiger partial charge in [-0.05, 0) is 43.0 Å². The van der Waals surface area contributed by atoms with Crippen LogP contribution in [0, 0.1) is 11.7 Å². The summed E-state index contributed by atoms with van der Waals surface area (Å²) in [7, 11) is 0. The lowest BCUT2D eigenvalue weighted by molar-refractivity contribution is 0.0383. The van der Waals surface area contributed by atoms with Crippen molar-refractivity contribution < 1.29 is 14.7 Å². The maximum Gasteiger partial charge on any atom is 0.170 e. The smallest absolute Gasteiger partial charge is 0.170 e. The normalized spacial score (nSPS) is 15.2. The van der Waals surface area contributed by atoms with E-state index in [-0.39, 0.29) is 5.84 Å². The van der Waals surface area contributed by atoms with Gasteiger partial charge >= 0.3 is 0 Å². The molecule has 21 heavy (non-hydrogen) atoms. The Balaban J connectivity index is 2.66. The average Bonchev–Trinajstić information content (AvgIpc) is 2.35. The van der Waals surface area contributed by atoms with E-state index in [1.165, 1.54) is 12.1 Å². The van der Waals surface area contributed by atoms with Crippen LogP contribution in [0.2, 0.25) is 0 Å². The number of amidine groups is 1. The lowest BCUT2D eigenvalue weighted by atomic mass is 9.94. The predicted octanol–water partition coefficient (Wildman–Crippen LogP) is 1.81. The van der Waals surface area contributed by atoms with Crippen molar-refractivity contribution in [3.05, 3.63) is 35.1 Å². The molecule has 5 N–H and O–H groups in total. The van der Waals surface area contributed by atoms with Gasteiger partial charge in [-0.2, -0.15) is 0 Å². The molecule has 0 spiro atoms. The number of nitrogens with one attached hydrogen (secondary N) is 1. The number of rotatable bonds is 7. The van der Waals surface area contributed by atoms with Crippen LogP contribution in [0.15, 0.2) is 23.4 Å². The molecule has 1 unspecified atom stereocenters. The first-order valence-electron chi connectivity index (χ1n) is 6.94. The molecular formula is C15H24FN3O2. The van der Waals surface area contributed by atoms with Gasteiger partial charge in [0.15, 0.2) is 5.84 Å². The molecule has 0 radical (unpaired) electrons. The van der Waals surface area contributed by atoms with Gasteiger partial charge in [0.1, 0.15) is 5.82 Å². The summed E-state index contributed by atoms with van der Waals surface area (Å²) in [6.07, 6.45) is 0.679. The fourth-order valence-electron chi connectivity index (χ4n) is 2.39. The Bertz CT molecular complexity index is 502. The Kier molecular flexibility index (Phi) is 6.11. The van der Waals surface area contributed by atoms with Crippen LogP contribution in [0.5, 0.6) is 0 Å². The second-order valence-electron chi connectivity index (χ2n) is 6.03. The van der Waals surface area contributed by atoms with Crippen molar-refractivity contribution in [2.75, 3.05) is 6.54 Å². The van der Waals surface area contributed by atoms with E-state index in [9.17, 15) is 9.50 Å². The highest BCUT2D eigenvalue weighted by Crippen LogP contribution is 2.15.